The van der Waals surface area contributed by atoms with Gasteiger partial charge in [-0.3, -0.25) is 0 Å². The van der Waals surface area contributed by atoms with Gasteiger partial charge in [-0.25, -0.2) is 0 Å². The molecular formula is C10H19N. The summed E-state index contributed by atoms with van der Waals surface area (Å²) in [7, 11) is 2.24. The SMILES string of the molecule is CN1CCC(CC2CC2)CC1. The molecule has 64 valence electrons. The maximum Gasteiger partial charge on any atom is -0.00191 e. The molecule has 1 heteroatoms. The Hall–Kier alpha value is -0.0400. The smallest absolute Gasteiger partial charge is 0.00191 e. The van der Waals surface area contributed by atoms with E-state index in [0.717, 1.165) is 11.8 Å². The Labute approximate surface area is 69.8 Å². The highest BCUT2D eigenvalue weighted by Gasteiger charge is 2.26. The van der Waals surface area contributed by atoms with Crippen LogP contribution in [0, 0.1) is 11.8 Å². The van der Waals surface area contributed by atoms with Gasteiger partial charge in [0.25, 0.3) is 0 Å². The van der Waals surface area contributed by atoms with Crippen molar-refractivity contribution < 1.29 is 0 Å². The fraction of sp³-hybridized carbons (Fsp3) is 1.00. The molecule has 2 fully saturated rings. The molecule has 0 bridgehead atoms. The summed E-state index contributed by atoms with van der Waals surface area (Å²) in [4.78, 5) is 2.46. The molecule has 1 saturated heterocycles. The van der Waals surface area contributed by atoms with Crippen LogP contribution < -0.4 is 0 Å². The molecule has 1 aliphatic carbocycles. The number of hydrogen-bond acceptors (Lipinski definition) is 1. The molecule has 2 rings (SSSR count). The van der Waals surface area contributed by atoms with E-state index in [1.54, 1.807) is 6.42 Å². The molecule has 0 unspecified atom stereocenters. The van der Waals surface area contributed by atoms with Crippen molar-refractivity contribution in [3.63, 3.8) is 0 Å². The molecule has 0 N–H and O–H groups in total. The first kappa shape index (κ1) is 7.60. The Balaban J connectivity index is 1.69. The second kappa shape index (κ2) is 3.14. The highest BCUT2D eigenvalue weighted by atomic mass is 15.1. The van der Waals surface area contributed by atoms with E-state index in [4.69, 9.17) is 0 Å². The van der Waals surface area contributed by atoms with Crippen molar-refractivity contribution in [2.45, 2.75) is 32.1 Å². The van der Waals surface area contributed by atoms with Crippen LogP contribution >= 0.6 is 0 Å². The van der Waals surface area contributed by atoms with Crippen molar-refractivity contribution in [2.24, 2.45) is 11.8 Å². The highest BCUT2D eigenvalue weighted by molar-refractivity contribution is 4.79. The van der Waals surface area contributed by atoms with E-state index in [-0.39, 0.29) is 0 Å². The fourth-order valence-electron chi connectivity index (χ4n) is 2.12. The molecule has 2 aliphatic rings. The van der Waals surface area contributed by atoms with Crippen LogP contribution in [0.1, 0.15) is 32.1 Å². The third-order valence-electron chi connectivity index (χ3n) is 3.20. The van der Waals surface area contributed by atoms with E-state index in [1.165, 1.54) is 38.8 Å². The van der Waals surface area contributed by atoms with Gasteiger partial charge >= 0.3 is 0 Å². The van der Waals surface area contributed by atoms with Crippen LogP contribution in [-0.4, -0.2) is 25.0 Å². The Kier molecular flexibility index (Phi) is 2.17. The maximum atomic E-state index is 2.46. The van der Waals surface area contributed by atoms with Crippen LogP contribution in [0.4, 0.5) is 0 Å². The molecular weight excluding hydrogens is 134 g/mol. The van der Waals surface area contributed by atoms with Crippen molar-refractivity contribution >= 4 is 0 Å². The summed E-state index contributed by atoms with van der Waals surface area (Å²) < 4.78 is 0. The summed E-state index contributed by atoms with van der Waals surface area (Å²) in [5.41, 5.74) is 0. The molecule has 1 nitrogen and oxygen atoms in total. The van der Waals surface area contributed by atoms with Gasteiger partial charge < -0.3 is 4.90 Å². The summed E-state index contributed by atoms with van der Waals surface area (Å²) in [6.07, 6.45) is 7.55. The van der Waals surface area contributed by atoms with Crippen LogP contribution in [-0.2, 0) is 0 Å². The van der Waals surface area contributed by atoms with Crippen molar-refractivity contribution in [3.8, 4) is 0 Å². The minimum atomic E-state index is 1.08. The third kappa shape index (κ3) is 2.19. The van der Waals surface area contributed by atoms with Gasteiger partial charge in [-0.05, 0) is 51.2 Å². The number of hydrogen-bond donors (Lipinski definition) is 0. The van der Waals surface area contributed by atoms with E-state index in [0.29, 0.717) is 0 Å². The average molecular weight is 153 g/mol. The first-order valence-corrected chi connectivity index (χ1v) is 5.03. The third-order valence-corrected chi connectivity index (χ3v) is 3.20. The average Bonchev–Trinajstić information content (AvgIpc) is 2.78. The molecule has 11 heavy (non-hydrogen) atoms. The second-order valence-electron chi connectivity index (χ2n) is 4.43. The van der Waals surface area contributed by atoms with Crippen LogP contribution in [0.3, 0.4) is 0 Å². The van der Waals surface area contributed by atoms with E-state index in [2.05, 4.69) is 11.9 Å². The predicted octanol–water partition coefficient (Wildman–Crippen LogP) is 2.13. The van der Waals surface area contributed by atoms with Crippen LogP contribution in [0.25, 0.3) is 0 Å². The highest BCUT2D eigenvalue weighted by Crippen LogP contribution is 2.37. The molecule has 1 saturated carbocycles. The van der Waals surface area contributed by atoms with Crippen LogP contribution in [0.15, 0.2) is 0 Å². The fourth-order valence-corrected chi connectivity index (χ4v) is 2.12. The van der Waals surface area contributed by atoms with Gasteiger partial charge in [-0.1, -0.05) is 12.8 Å². The summed E-state index contributed by atoms with van der Waals surface area (Å²) in [5.74, 6) is 2.22. The van der Waals surface area contributed by atoms with Gasteiger partial charge in [0.05, 0.1) is 0 Å². The molecule has 1 heterocycles. The lowest BCUT2D eigenvalue weighted by Crippen LogP contribution is -2.30. The van der Waals surface area contributed by atoms with E-state index < -0.39 is 0 Å². The minimum absolute atomic E-state index is 1.08. The lowest BCUT2D eigenvalue weighted by atomic mass is 9.92. The van der Waals surface area contributed by atoms with Crippen molar-refractivity contribution in [3.05, 3.63) is 0 Å². The van der Waals surface area contributed by atoms with Crippen molar-refractivity contribution in [1.29, 1.82) is 0 Å². The predicted molar refractivity (Wildman–Crippen MR) is 47.6 cm³/mol. The molecule has 0 aromatic rings. The molecule has 0 amide bonds. The molecule has 0 aromatic carbocycles. The van der Waals surface area contributed by atoms with Crippen molar-refractivity contribution in [2.75, 3.05) is 20.1 Å². The van der Waals surface area contributed by atoms with E-state index >= 15 is 0 Å². The topological polar surface area (TPSA) is 3.24 Å². The van der Waals surface area contributed by atoms with Gasteiger partial charge in [0.2, 0.25) is 0 Å². The number of nitrogens with zero attached hydrogens (tertiary/aromatic N) is 1. The molecule has 0 atom stereocenters. The normalized spacial score (nSPS) is 29.2. The largest absolute Gasteiger partial charge is 0.306 e. The Morgan fingerprint density at radius 3 is 2.09 bits per heavy atom. The van der Waals surface area contributed by atoms with E-state index in [1.807, 2.05) is 0 Å². The van der Waals surface area contributed by atoms with Crippen LogP contribution in [0.2, 0.25) is 0 Å². The Morgan fingerprint density at radius 1 is 1.00 bits per heavy atom. The monoisotopic (exact) mass is 153 g/mol. The zero-order valence-electron chi connectivity index (χ0n) is 7.55. The minimum Gasteiger partial charge on any atom is -0.306 e. The van der Waals surface area contributed by atoms with Crippen molar-refractivity contribution in [1.82, 2.24) is 4.90 Å². The van der Waals surface area contributed by atoms with Gasteiger partial charge in [0.1, 0.15) is 0 Å². The second-order valence-corrected chi connectivity index (χ2v) is 4.43. The van der Waals surface area contributed by atoms with Gasteiger partial charge in [-0.15, -0.1) is 0 Å². The number of rotatable bonds is 2. The Morgan fingerprint density at radius 2 is 1.55 bits per heavy atom. The van der Waals surface area contributed by atoms with Crippen LogP contribution in [0.5, 0.6) is 0 Å². The summed E-state index contributed by atoms with van der Waals surface area (Å²) in [5, 5.41) is 0. The van der Waals surface area contributed by atoms with Gasteiger partial charge in [0, 0.05) is 0 Å². The van der Waals surface area contributed by atoms with E-state index in [9.17, 15) is 0 Å². The summed E-state index contributed by atoms with van der Waals surface area (Å²) in [6, 6.07) is 0. The first-order valence-electron chi connectivity index (χ1n) is 5.03. The quantitative estimate of drug-likeness (QED) is 0.587. The summed E-state index contributed by atoms with van der Waals surface area (Å²) >= 11 is 0. The number of likely N-dealkylation sites (tertiary alicyclic amines) is 1. The molecule has 1 aliphatic heterocycles. The van der Waals surface area contributed by atoms with Gasteiger partial charge in [0.15, 0.2) is 0 Å². The molecule has 0 spiro atoms. The summed E-state index contributed by atoms with van der Waals surface area (Å²) in [6.45, 7) is 2.69. The zero-order valence-corrected chi connectivity index (χ0v) is 7.55. The first-order chi connectivity index (χ1) is 5.34. The molecule has 0 radical (unpaired) electrons. The maximum absolute atomic E-state index is 2.46. The van der Waals surface area contributed by atoms with Gasteiger partial charge in [-0.2, -0.15) is 0 Å². The number of piperidine rings is 1. The lowest BCUT2D eigenvalue weighted by molar-refractivity contribution is 0.207. The lowest BCUT2D eigenvalue weighted by Gasteiger charge is -2.28. The standard InChI is InChI=1S/C10H19N/c1-11-6-4-10(5-7-11)8-9-2-3-9/h9-10H,2-8H2,1H3. The Bertz CT molecular complexity index is 121. The molecule has 0 aromatic heterocycles. The zero-order chi connectivity index (χ0) is 7.68.